The fourth-order valence-corrected chi connectivity index (χ4v) is 1.28. The van der Waals surface area contributed by atoms with E-state index in [-0.39, 0.29) is 5.56 Å². The summed E-state index contributed by atoms with van der Waals surface area (Å²) in [6.45, 7) is 0. The molecule has 2 rings (SSSR count). The Kier molecular flexibility index (Phi) is 2.10. The second-order valence-electron chi connectivity index (χ2n) is 2.96. The molecule has 0 bridgehead atoms. The Morgan fingerprint density at radius 1 is 1.47 bits per heavy atom. The van der Waals surface area contributed by atoms with Crippen LogP contribution in [-0.2, 0) is 0 Å². The number of nitrogens with zero attached hydrogens (tertiary/aromatic N) is 3. The predicted molar refractivity (Wildman–Crippen MR) is 52.6 cm³/mol. The van der Waals surface area contributed by atoms with Crippen LogP contribution in [0.1, 0.15) is 5.56 Å². The molecule has 2 aromatic rings. The molecule has 4 nitrogen and oxygen atoms in total. The SMILES string of the molecule is N#Cc1c(F)cccc1-n1cc(N)cn1. The number of benzene rings is 1. The Bertz CT molecular complexity index is 539. The Morgan fingerprint density at radius 2 is 2.27 bits per heavy atom. The highest BCUT2D eigenvalue weighted by molar-refractivity contribution is 5.50. The van der Waals surface area contributed by atoms with Crippen LogP contribution < -0.4 is 5.73 Å². The fourth-order valence-electron chi connectivity index (χ4n) is 1.28. The summed E-state index contributed by atoms with van der Waals surface area (Å²) in [6.07, 6.45) is 2.96. The van der Waals surface area contributed by atoms with Crippen LogP contribution in [0.3, 0.4) is 0 Å². The third-order valence-electron chi connectivity index (χ3n) is 1.95. The van der Waals surface area contributed by atoms with Crippen molar-refractivity contribution in [3.8, 4) is 11.8 Å². The molecule has 74 valence electrons. The Morgan fingerprint density at radius 3 is 2.87 bits per heavy atom. The lowest BCUT2D eigenvalue weighted by Gasteiger charge is -2.03. The van der Waals surface area contributed by atoms with Crippen molar-refractivity contribution in [3.63, 3.8) is 0 Å². The molecular formula is C10H7FN4. The van der Waals surface area contributed by atoms with Crippen molar-refractivity contribution in [1.82, 2.24) is 9.78 Å². The summed E-state index contributed by atoms with van der Waals surface area (Å²) in [6, 6.07) is 6.15. The molecule has 2 N–H and O–H groups in total. The molecule has 0 aliphatic carbocycles. The number of halogens is 1. The van der Waals surface area contributed by atoms with Crippen LogP contribution in [0, 0.1) is 17.1 Å². The average Bonchev–Trinajstić information content (AvgIpc) is 2.64. The van der Waals surface area contributed by atoms with E-state index < -0.39 is 5.82 Å². The molecule has 0 amide bonds. The van der Waals surface area contributed by atoms with E-state index >= 15 is 0 Å². The maximum atomic E-state index is 13.2. The second-order valence-corrected chi connectivity index (χ2v) is 2.96. The molecule has 0 atom stereocenters. The Hall–Kier alpha value is -2.35. The second kappa shape index (κ2) is 3.42. The summed E-state index contributed by atoms with van der Waals surface area (Å²) >= 11 is 0. The average molecular weight is 202 g/mol. The fraction of sp³-hybridized carbons (Fsp3) is 0. The first kappa shape index (κ1) is 9.21. The predicted octanol–water partition coefficient (Wildman–Crippen LogP) is 1.47. The van der Waals surface area contributed by atoms with E-state index in [1.54, 1.807) is 12.1 Å². The number of anilines is 1. The lowest BCUT2D eigenvalue weighted by molar-refractivity contribution is 0.621. The first-order valence-electron chi connectivity index (χ1n) is 4.21. The van der Waals surface area contributed by atoms with Crippen molar-refractivity contribution >= 4 is 5.69 Å². The summed E-state index contributed by atoms with van der Waals surface area (Å²) in [4.78, 5) is 0. The molecule has 1 aromatic carbocycles. The van der Waals surface area contributed by atoms with Gasteiger partial charge >= 0.3 is 0 Å². The van der Waals surface area contributed by atoms with E-state index in [1.165, 1.54) is 29.2 Å². The van der Waals surface area contributed by atoms with E-state index in [4.69, 9.17) is 11.0 Å². The lowest BCUT2D eigenvalue weighted by atomic mass is 10.2. The minimum atomic E-state index is -0.566. The zero-order valence-electron chi connectivity index (χ0n) is 7.68. The molecule has 0 spiro atoms. The van der Waals surface area contributed by atoms with E-state index in [9.17, 15) is 4.39 Å². The van der Waals surface area contributed by atoms with Gasteiger partial charge in [0.1, 0.15) is 17.4 Å². The van der Waals surface area contributed by atoms with E-state index in [0.29, 0.717) is 11.4 Å². The summed E-state index contributed by atoms with van der Waals surface area (Å²) in [5, 5.41) is 12.7. The molecular weight excluding hydrogens is 195 g/mol. The number of nitrogens with two attached hydrogens (primary N) is 1. The zero-order valence-corrected chi connectivity index (χ0v) is 7.68. The van der Waals surface area contributed by atoms with Crippen LogP contribution >= 0.6 is 0 Å². The van der Waals surface area contributed by atoms with Gasteiger partial charge in [-0.15, -0.1) is 0 Å². The van der Waals surface area contributed by atoms with Crippen LogP contribution in [0.4, 0.5) is 10.1 Å². The molecule has 0 aliphatic heterocycles. The van der Waals surface area contributed by atoms with Gasteiger partial charge in [-0.3, -0.25) is 0 Å². The molecule has 0 saturated carbocycles. The van der Waals surface area contributed by atoms with Gasteiger partial charge in [0.15, 0.2) is 0 Å². The molecule has 5 heteroatoms. The molecule has 1 heterocycles. The van der Waals surface area contributed by atoms with Crippen molar-refractivity contribution in [2.45, 2.75) is 0 Å². The van der Waals surface area contributed by atoms with Gasteiger partial charge < -0.3 is 5.73 Å². The number of rotatable bonds is 1. The molecule has 0 unspecified atom stereocenters. The van der Waals surface area contributed by atoms with Gasteiger partial charge in [-0.1, -0.05) is 6.07 Å². The van der Waals surface area contributed by atoms with Crippen molar-refractivity contribution in [2.24, 2.45) is 0 Å². The number of nitriles is 1. The third kappa shape index (κ3) is 1.53. The number of hydrogen-bond acceptors (Lipinski definition) is 3. The monoisotopic (exact) mass is 202 g/mol. The largest absolute Gasteiger partial charge is 0.396 e. The number of hydrogen-bond donors (Lipinski definition) is 1. The molecule has 1 aromatic heterocycles. The van der Waals surface area contributed by atoms with Crippen molar-refractivity contribution in [2.75, 3.05) is 5.73 Å². The van der Waals surface area contributed by atoms with Gasteiger partial charge in [0.2, 0.25) is 0 Å². The Labute approximate surface area is 85.4 Å². The van der Waals surface area contributed by atoms with Crippen LogP contribution in [0.15, 0.2) is 30.6 Å². The maximum Gasteiger partial charge on any atom is 0.143 e. The zero-order chi connectivity index (χ0) is 10.8. The maximum absolute atomic E-state index is 13.2. The summed E-state index contributed by atoms with van der Waals surface area (Å²) < 4.78 is 14.6. The van der Waals surface area contributed by atoms with Crippen molar-refractivity contribution < 1.29 is 4.39 Å². The van der Waals surface area contributed by atoms with Gasteiger partial charge in [0, 0.05) is 0 Å². The van der Waals surface area contributed by atoms with E-state index in [1.807, 2.05) is 0 Å². The summed E-state index contributed by atoms with van der Waals surface area (Å²) in [5.74, 6) is -0.566. The first-order valence-corrected chi connectivity index (χ1v) is 4.21. The normalized spacial score (nSPS) is 9.87. The van der Waals surface area contributed by atoms with Crippen molar-refractivity contribution in [3.05, 3.63) is 42.0 Å². The lowest BCUT2D eigenvalue weighted by Crippen LogP contribution is -1.99. The standard InChI is InChI=1S/C10H7FN4/c11-9-2-1-3-10(8(9)4-12)15-6-7(13)5-14-15/h1-3,5-6H,13H2. The highest BCUT2D eigenvalue weighted by atomic mass is 19.1. The molecule has 0 radical (unpaired) electrons. The van der Waals surface area contributed by atoms with Crippen LogP contribution in [0.2, 0.25) is 0 Å². The highest BCUT2D eigenvalue weighted by Gasteiger charge is 2.09. The minimum absolute atomic E-state index is 0.0411. The van der Waals surface area contributed by atoms with Crippen LogP contribution in [0.5, 0.6) is 0 Å². The molecule has 15 heavy (non-hydrogen) atoms. The molecule has 0 saturated heterocycles. The van der Waals surface area contributed by atoms with Crippen molar-refractivity contribution in [1.29, 1.82) is 5.26 Å². The summed E-state index contributed by atoms with van der Waals surface area (Å²) in [7, 11) is 0. The van der Waals surface area contributed by atoms with E-state index in [0.717, 1.165) is 0 Å². The quantitative estimate of drug-likeness (QED) is 0.761. The smallest absolute Gasteiger partial charge is 0.143 e. The number of aromatic nitrogens is 2. The van der Waals surface area contributed by atoms with Gasteiger partial charge in [-0.25, -0.2) is 9.07 Å². The molecule has 0 fully saturated rings. The minimum Gasteiger partial charge on any atom is -0.396 e. The summed E-state index contributed by atoms with van der Waals surface area (Å²) in [5.41, 5.74) is 6.29. The van der Waals surface area contributed by atoms with Crippen LogP contribution in [-0.4, -0.2) is 9.78 Å². The van der Waals surface area contributed by atoms with Gasteiger partial charge in [-0.2, -0.15) is 10.4 Å². The Balaban J connectivity index is 2.63. The van der Waals surface area contributed by atoms with E-state index in [2.05, 4.69) is 5.10 Å². The number of nitrogen functional groups attached to an aromatic ring is 1. The first-order chi connectivity index (χ1) is 7.22. The third-order valence-corrected chi connectivity index (χ3v) is 1.95. The van der Waals surface area contributed by atoms with Gasteiger partial charge in [0.05, 0.1) is 23.8 Å². The highest BCUT2D eigenvalue weighted by Crippen LogP contribution is 2.17. The topological polar surface area (TPSA) is 67.6 Å². The van der Waals surface area contributed by atoms with Gasteiger partial charge in [-0.05, 0) is 12.1 Å². The van der Waals surface area contributed by atoms with Gasteiger partial charge in [0.25, 0.3) is 0 Å². The molecule has 0 aliphatic rings. The van der Waals surface area contributed by atoms with Crippen LogP contribution in [0.25, 0.3) is 5.69 Å².